The Morgan fingerprint density at radius 2 is 1.87 bits per heavy atom. The molecular formula is C10H15NO3S. The van der Waals surface area contributed by atoms with Crippen LogP contribution in [0.15, 0.2) is 30.6 Å². The summed E-state index contributed by atoms with van der Waals surface area (Å²) in [6.45, 7) is 2.11. The zero-order chi connectivity index (χ0) is 11.3. The van der Waals surface area contributed by atoms with Crippen LogP contribution in [0.25, 0.3) is 0 Å². The Morgan fingerprint density at radius 3 is 2.33 bits per heavy atom. The van der Waals surface area contributed by atoms with Crippen LogP contribution < -0.4 is 4.57 Å². The van der Waals surface area contributed by atoms with Gasteiger partial charge in [-0.2, -0.15) is 0 Å². The zero-order valence-corrected chi connectivity index (χ0v) is 9.48. The van der Waals surface area contributed by atoms with E-state index in [1.807, 2.05) is 13.0 Å². The van der Waals surface area contributed by atoms with Crippen LogP contribution in [0, 0.1) is 0 Å². The Bertz CT molecular complexity index is 388. The van der Waals surface area contributed by atoms with E-state index in [0.717, 1.165) is 0 Å². The minimum Gasteiger partial charge on any atom is -0.748 e. The van der Waals surface area contributed by atoms with E-state index < -0.39 is 15.4 Å². The topological polar surface area (TPSA) is 61.1 Å². The third-order valence-electron chi connectivity index (χ3n) is 2.21. The molecule has 1 atom stereocenters. The van der Waals surface area contributed by atoms with Crippen molar-refractivity contribution < 1.29 is 17.5 Å². The Morgan fingerprint density at radius 1 is 1.27 bits per heavy atom. The molecule has 1 rings (SSSR count). The van der Waals surface area contributed by atoms with E-state index >= 15 is 0 Å². The number of aromatic nitrogens is 1. The molecule has 1 aromatic heterocycles. The molecule has 0 saturated carbocycles. The fraction of sp³-hybridized carbons (Fsp3) is 0.500. The highest BCUT2D eigenvalue weighted by molar-refractivity contribution is 7.86. The van der Waals surface area contributed by atoms with Crippen LogP contribution in [0.5, 0.6) is 0 Å². The lowest BCUT2D eigenvalue weighted by atomic mass is 10.2. The maximum atomic E-state index is 11.0. The highest BCUT2D eigenvalue weighted by Crippen LogP contribution is 2.06. The molecular weight excluding hydrogens is 214 g/mol. The monoisotopic (exact) mass is 229 g/mol. The van der Waals surface area contributed by atoms with E-state index in [0.29, 0.717) is 12.8 Å². The summed E-state index contributed by atoms with van der Waals surface area (Å²) in [6, 6.07) is 5.46. The van der Waals surface area contributed by atoms with Crippen LogP contribution in [0.4, 0.5) is 0 Å². The van der Waals surface area contributed by atoms with Gasteiger partial charge in [0.2, 0.25) is 0 Å². The summed E-state index contributed by atoms with van der Waals surface area (Å²) in [7, 11) is -4.20. The van der Waals surface area contributed by atoms with Gasteiger partial charge in [0.25, 0.3) is 0 Å². The molecule has 0 aliphatic rings. The van der Waals surface area contributed by atoms with E-state index in [4.69, 9.17) is 0 Å². The van der Waals surface area contributed by atoms with Crippen molar-refractivity contribution in [3.05, 3.63) is 30.6 Å². The van der Waals surface area contributed by atoms with Crippen molar-refractivity contribution in [1.29, 1.82) is 0 Å². The minimum absolute atomic E-state index is 0.237. The molecule has 84 valence electrons. The van der Waals surface area contributed by atoms with Crippen LogP contribution in [0.2, 0.25) is 0 Å². The first-order chi connectivity index (χ1) is 7.04. The molecule has 5 heteroatoms. The average molecular weight is 229 g/mol. The van der Waals surface area contributed by atoms with E-state index in [1.54, 1.807) is 29.1 Å². The minimum atomic E-state index is -4.20. The number of hydrogen-bond donors (Lipinski definition) is 0. The predicted molar refractivity (Wildman–Crippen MR) is 55.0 cm³/mol. The van der Waals surface area contributed by atoms with Gasteiger partial charge < -0.3 is 4.55 Å². The number of nitrogens with zero attached hydrogens (tertiary/aromatic N) is 1. The Hall–Kier alpha value is -0.940. The quantitative estimate of drug-likeness (QED) is 0.551. The van der Waals surface area contributed by atoms with Crippen LogP contribution in [0.1, 0.15) is 19.8 Å². The SMILES string of the molecule is CCCC(C[n+]1ccccc1)S(=O)(=O)[O-]. The molecule has 0 aromatic carbocycles. The van der Waals surface area contributed by atoms with Crippen molar-refractivity contribution in [3.8, 4) is 0 Å². The van der Waals surface area contributed by atoms with Crippen LogP contribution >= 0.6 is 0 Å². The van der Waals surface area contributed by atoms with Crippen LogP contribution in [-0.4, -0.2) is 18.2 Å². The average Bonchev–Trinajstić information content (AvgIpc) is 2.17. The second kappa shape index (κ2) is 5.23. The van der Waals surface area contributed by atoms with Gasteiger partial charge in [0.15, 0.2) is 18.9 Å². The summed E-state index contributed by atoms with van der Waals surface area (Å²) in [5.41, 5.74) is 0. The normalized spacial score (nSPS) is 13.7. The Balaban J connectivity index is 2.76. The van der Waals surface area contributed by atoms with Crippen molar-refractivity contribution in [2.24, 2.45) is 0 Å². The summed E-state index contributed by atoms with van der Waals surface area (Å²) >= 11 is 0. The van der Waals surface area contributed by atoms with Crippen molar-refractivity contribution in [2.45, 2.75) is 31.6 Å². The molecule has 1 unspecified atom stereocenters. The Kier molecular flexibility index (Phi) is 4.23. The van der Waals surface area contributed by atoms with Gasteiger partial charge in [-0.1, -0.05) is 19.4 Å². The fourth-order valence-corrected chi connectivity index (χ4v) is 2.32. The molecule has 0 saturated heterocycles. The lowest BCUT2D eigenvalue weighted by Crippen LogP contribution is -2.42. The molecule has 0 aliphatic heterocycles. The van der Waals surface area contributed by atoms with Crippen molar-refractivity contribution >= 4 is 10.1 Å². The van der Waals surface area contributed by atoms with Crippen molar-refractivity contribution in [3.63, 3.8) is 0 Å². The summed E-state index contributed by atoms with van der Waals surface area (Å²) in [6.07, 6.45) is 4.62. The third kappa shape index (κ3) is 3.97. The lowest BCUT2D eigenvalue weighted by Gasteiger charge is -2.16. The maximum absolute atomic E-state index is 11.0. The number of hydrogen-bond acceptors (Lipinski definition) is 3. The van der Waals surface area contributed by atoms with E-state index in [1.165, 1.54) is 0 Å². The number of pyridine rings is 1. The molecule has 0 amide bonds. The summed E-state index contributed by atoms with van der Waals surface area (Å²) in [5.74, 6) is 0. The highest BCUT2D eigenvalue weighted by atomic mass is 32.2. The molecule has 0 N–H and O–H groups in total. The van der Waals surface area contributed by atoms with Gasteiger partial charge in [-0.15, -0.1) is 0 Å². The van der Waals surface area contributed by atoms with Gasteiger partial charge in [0, 0.05) is 12.1 Å². The summed E-state index contributed by atoms with van der Waals surface area (Å²) in [4.78, 5) is 0. The first-order valence-corrected chi connectivity index (χ1v) is 6.40. The van der Waals surface area contributed by atoms with E-state index in [2.05, 4.69) is 0 Å². The molecule has 0 spiro atoms. The molecule has 15 heavy (non-hydrogen) atoms. The molecule has 0 bridgehead atoms. The van der Waals surface area contributed by atoms with Gasteiger partial charge in [0.1, 0.15) is 15.4 Å². The fourth-order valence-electron chi connectivity index (χ4n) is 1.44. The van der Waals surface area contributed by atoms with Gasteiger partial charge in [-0.05, 0) is 6.42 Å². The van der Waals surface area contributed by atoms with Crippen LogP contribution in [0.3, 0.4) is 0 Å². The standard InChI is InChI=1S/C10H15NO3S/c1-2-6-10(15(12,13)14)9-11-7-4-3-5-8-11/h3-5,7-8,10H,2,6,9H2,1H3. The van der Waals surface area contributed by atoms with Gasteiger partial charge in [0.05, 0.1) is 0 Å². The molecule has 1 aromatic rings. The summed E-state index contributed by atoms with van der Waals surface area (Å²) in [5, 5.41) is -0.824. The van der Waals surface area contributed by atoms with Gasteiger partial charge >= 0.3 is 0 Å². The Labute approximate surface area is 90.3 Å². The highest BCUT2D eigenvalue weighted by Gasteiger charge is 2.19. The third-order valence-corrected chi connectivity index (χ3v) is 3.41. The summed E-state index contributed by atoms with van der Waals surface area (Å²) < 4.78 is 34.6. The van der Waals surface area contributed by atoms with Gasteiger partial charge in [-0.3, -0.25) is 0 Å². The first-order valence-electron chi connectivity index (χ1n) is 4.93. The van der Waals surface area contributed by atoms with E-state index in [9.17, 15) is 13.0 Å². The molecule has 4 nitrogen and oxygen atoms in total. The van der Waals surface area contributed by atoms with Crippen LogP contribution in [-0.2, 0) is 16.7 Å². The van der Waals surface area contributed by atoms with Crippen molar-refractivity contribution in [1.82, 2.24) is 0 Å². The first kappa shape index (κ1) is 12.1. The molecule has 1 heterocycles. The molecule has 0 radical (unpaired) electrons. The van der Waals surface area contributed by atoms with Crippen molar-refractivity contribution in [2.75, 3.05) is 0 Å². The molecule has 0 fully saturated rings. The maximum Gasteiger partial charge on any atom is 0.168 e. The second-order valence-electron chi connectivity index (χ2n) is 3.48. The largest absolute Gasteiger partial charge is 0.748 e. The van der Waals surface area contributed by atoms with Gasteiger partial charge in [-0.25, -0.2) is 13.0 Å². The molecule has 0 aliphatic carbocycles. The van der Waals surface area contributed by atoms with E-state index in [-0.39, 0.29) is 6.54 Å². The zero-order valence-electron chi connectivity index (χ0n) is 8.67. The lowest BCUT2D eigenvalue weighted by molar-refractivity contribution is -0.696. The predicted octanol–water partition coefficient (Wildman–Crippen LogP) is 0.688. The second-order valence-corrected chi connectivity index (χ2v) is 5.13. The smallest absolute Gasteiger partial charge is 0.168 e. The number of rotatable bonds is 5.